The zero-order valence-corrected chi connectivity index (χ0v) is 13.7. The Morgan fingerprint density at radius 3 is 1.54 bits per heavy atom. The van der Waals surface area contributed by atoms with Crippen molar-refractivity contribution in [2.24, 2.45) is 0 Å². The van der Waals surface area contributed by atoms with Crippen LogP contribution in [0.2, 0.25) is 0 Å². The van der Waals surface area contributed by atoms with Gasteiger partial charge in [0.15, 0.2) is 0 Å². The highest BCUT2D eigenvalue weighted by Gasteiger charge is 2.25. The molecule has 2 aromatic rings. The summed E-state index contributed by atoms with van der Waals surface area (Å²) in [6.07, 6.45) is 0. The van der Waals surface area contributed by atoms with Gasteiger partial charge in [-0.1, -0.05) is 42.5 Å². The Hall–Kier alpha value is -3.08. The summed E-state index contributed by atoms with van der Waals surface area (Å²) in [6.45, 7) is 0. The van der Waals surface area contributed by atoms with Crippen LogP contribution in [-0.4, -0.2) is 33.3 Å². The molecule has 0 saturated heterocycles. The molecule has 0 saturated carbocycles. The van der Waals surface area contributed by atoms with Gasteiger partial charge in [0.05, 0.1) is 32.5 Å². The molecule has 0 bridgehead atoms. The average Bonchev–Trinajstić information content (AvgIpc) is 2.65. The number of benzene rings is 2. The van der Waals surface area contributed by atoms with Gasteiger partial charge in [0.1, 0.15) is 5.75 Å². The quantitative estimate of drug-likeness (QED) is 0.480. The third-order valence-corrected chi connectivity index (χ3v) is 3.47. The van der Waals surface area contributed by atoms with Gasteiger partial charge in [0.25, 0.3) is 0 Å². The van der Waals surface area contributed by atoms with Crippen LogP contribution in [0.4, 0.5) is 0 Å². The number of methoxy groups -OCH3 is 3. The van der Waals surface area contributed by atoms with Gasteiger partial charge in [-0.25, -0.2) is 9.59 Å². The molecule has 0 unspecified atom stereocenters. The fraction of sp³-hybridized carbons (Fsp3) is 0.158. The van der Waals surface area contributed by atoms with Gasteiger partial charge < -0.3 is 14.2 Å². The summed E-state index contributed by atoms with van der Waals surface area (Å²) in [7, 11) is 4.09. The summed E-state index contributed by atoms with van der Waals surface area (Å²) in [5, 5.41) is 0. The topological polar surface area (TPSA) is 61.8 Å². The van der Waals surface area contributed by atoms with Gasteiger partial charge in [-0.15, -0.1) is 0 Å². The number of carbonyl (C=O) groups excluding carboxylic acids is 2. The van der Waals surface area contributed by atoms with Gasteiger partial charge in [-0.3, -0.25) is 0 Å². The van der Waals surface area contributed by atoms with Crippen LogP contribution < -0.4 is 4.74 Å². The van der Waals surface area contributed by atoms with E-state index in [1.54, 1.807) is 55.6 Å². The summed E-state index contributed by atoms with van der Waals surface area (Å²) in [5.41, 5.74) is 1.39. The predicted octanol–water partition coefficient (Wildman–Crippen LogP) is 2.95. The van der Waals surface area contributed by atoms with E-state index in [9.17, 15) is 9.59 Å². The lowest BCUT2D eigenvalue weighted by Crippen LogP contribution is -2.13. The summed E-state index contributed by atoms with van der Waals surface area (Å²) >= 11 is 0. The highest BCUT2D eigenvalue weighted by atomic mass is 16.5. The van der Waals surface area contributed by atoms with E-state index in [1.165, 1.54) is 14.2 Å². The van der Waals surface area contributed by atoms with E-state index < -0.39 is 11.9 Å². The summed E-state index contributed by atoms with van der Waals surface area (Å²) in [4.78, 5) is 24.7. The lowest BCUT2D eigenvalue weighted by atomic mass is 9.94. The molecule has 0 atom stereocenters. The Labute approximate surface area is 140 Å². The molecule has 5 nitrogen and oxygen atoms in total. The Morgan fingerprint density at radius 1 is 0.667 bits per heavy atom. The molecule has 2 rings (SSSR count). The molecule has 0 aliphatic rings. The molecule has 0 N–H and O–H groups in total. The monoisotopic (exact) mass is 326 g/mol. The van der Waals surface area contributed by atoms with Crippen molar-refractivity contribution >= 4 is 23.1 Å². The lowest BCUT2D eigenvalue weighted by molar-refractivity contribution is -0.135. The molecule has 0 spiro atoms. The summed E-state index contributed by atoms with van der Waals surface area (Å²) in [6, 6.07) is 15.6. The van der Waals surface area contributed by atoms with Crippen LogP contribution in [0.15, 0.2) is 54.6 Å². The normalized spacial score (nSPS) is 11.3. The third-order valence-electron chi connectivity index (χ3n) is 3.47. The smallest absolute Gasteiger partial charge is 0.339 e. The molecule has 124 valence electrons. The van der Waals surface area contributed by atoms with E-state index in [2.05, 4.69) is 0 Å². The number of rotatable bonds is 5. The molecule has 0 aliphatic carbocycles. The number of ether oxygens (including phenoxy) is 3. The van der Waals surface area contributed by atoms with Crippen molar-refractivity contribution in [2.45, 2.75) is 0 Å². The Bertz CT molecular complexity index is 745. The second-order valence-electron chi connectivity index (χ2n) is 4.83. The maximum Gasteiger partial charge on any atom is 0.339 e. The van der Waals surface area contributed by atoms with E-state index >= 15 is 0 Å². The van der Waals surface area contributed by atoms with Gasteiger partial charge >= 0.3 is 11.9 Å². The first-order valence-corrected chi connectivity index (χ1v) is 7.23. The first-order chi connectivity index (χ1) is 11.6. The molecule has 0 amide bonds. The molecule has 5 heteroatoms. The second kappa shape index (κ2) is 7.97. The number of esters is 2. The van der Waals surface area contributed by atoms with Crippen LogP contribution in [-0.2, 0) is 19.1 Å². The fourth-order valence-corrected chi connectivity index (χ4v) is 2.30. The van der Waals surface area contributed by atoms with E-state index in [0.717, 1.165) is 0 Å². The van der Waals surface area contributed by atoms with Gasteiger partial charge in [-0.2, -0.15) is 0 Å². The van der Waals surface area contributed by atoms with E-state index in [4.69, 9.17) is 14.2 Å². The van der Waals surface area contributed by atoms with Gasteiger partial charge in [0, 0.05) is 0 Å². The van der Waals surface area contributed by atoms with Crippen LogP contribution in [0.5, 0.6) is 5.75 Å². The SMILES string of the molecule is COC(=O)/C(=C(/C(=O)OC)c1ccc(OC)cc1)c1ccccc1. The molecule has 0 aromatic heterocycles. The van der Waals surface area contributed by atoms with Crippen molar-refractivity contribution in [1.82, 2.24) is 0 Å². The van der Waals surface area contributed by atoms with Crippen LogP contribution in [0, 0.1) is 0 Å². The molecule has 24 heavy (non-hydrogen) atoms. The minimum Gasteiger partial charge on any atom is -0.497 e. The van der Waals surface area contributed by atoms with Crippen molar-refractivity contribution in [2.75, 3.05) is 21.3 Å². The molecule has 0 fully saturated rings. The van der Waals surface area contributed by atoms with Crippen LogP contribution in [0.1, 0.15) is 11.1 Å². The van der Waals surface area contributed by atoms with Crippen molar-refractivity contribution < 1.29 is 23.8 Å². The molecule has 0 radical (unpaired) electrons. The average molecular weight is 326 g/mol. The highest BCUT2D eigenvalue weighted by molar-refractivity contribution is 6.37. The van der Waals surface area contributed by atoms with E-state index in [0.29, 0.717) is 16.9 Å². The first kappa shape index (κ1) is 17.3. The van der Waals surface area contributed by atoms with Crippen LogP contribution in [0.25, 0.3) is 11.1 Å². The number of hydrogen-bond acceptors (Lipinski definition) is 5. The lowest BCUT2D eigenvalue weighted by Gasteiger charge is -2.13. The summed E-state index contributed by atoms with van der Waals surface area (Å²) < 4.78 is 14.9. The van der Waals surface area contributed by atoms with Crippen molar-refractivity contribution in [3.8, 4) is 5.75 Å². The molecule has 0 heterocycles. The zero-order valence-electron chi connectivity index (χ0n) is 13.7. The van der Waals surface area contributed by atoms with Crippen LogP contribution in [0.3, 0.4) is 0 Å². The Balaban J connectivity index is 2.73. The molecule has 0 aliphatic heterocycles. The third kappa shape index (κ3) is 3.63. The van der Waals surface area contributed by atoms with E-state index in [1.807, 2.05) is 6.07 Å². The number of hydrogen-bond donors (Lipinski definition) is 0. The molecular weight excluding hydrogens is 308 g/mol. The van der Waals surface area contributed by atoms with Crippen molar-refractivity contribution in [3.05, 3.63) is 65.7 Å². The van der Waals surface area contributed by atoms with Gasteiger partial charge in [-0.05, 0) is 23.3 Å². The number of carbonyl (C=O) groups is 2. The standard InChI is InChI=1S/C19H18O5/c1-22-15-11-9-14(10-12-15)17(19(21)24-3)16(18(20)23-2)13-7-5-4-6-8-13/h4-12H,1-3H3/b17-16+. The minimum absolute atomic E-state index is 0.137. The Kier molecular flexibility index (Phi) is 5.73. The minimum atomic E-state index is -0.621. The fourth-order valence-electron chi connectivity index (χ4n) is 2.30. The Morgan fingerprint density at radius 2 is 1.12 bits per heavy atom. The van der Waals surface area contributed by atoms with E-state index in [-0.39, 0.29) is 11.1 Å². The first-order valence-electron chi connectivity index (χ1n) is 7.23. The highest BCUT2D eigenvalue weighted by Crippen LogP contribution is 2.29. The van der Waals surface area contributed by atoms with Crippen molar-refractivity contribution in [1.29, 1.82) is 0 Å². The summed E-state index contributed by atoms with van der Waals surface area (Å²) in [5.74, 6) is -0.593. The zero-order chi connectivity index (χ0) is 17.5. The molecular formula is C19H18O5. The predicted molar refractivity (Wildman–Crippen MR) is 90.3 cm³/mol. The maximum absolute atomic E-state index is 12.4. The molecule has 2 aromatic carbocycles. The van der Waals surface area contributed by atoms with Crippen molar-refractivity contribution in [3.63, 3.8) is 0 Å². The maximum atomic E-state index is 12.4. The largest absolute Gasteiger partial charge is 0.497 e. The van der Waals surface area contributed by atoms with Crippen LogP contribution >= 0.6 is 0 Å². The van der Waals surface area contributed by atoms with Gasteiger partial charge in [0.2, 0.25) is 0 Å². The second-order valence-corrected chi connectivity index (χ2v) is 4.83.